The van der Waals surface area contributed by atoms with E-state index in [1.165, 1.54) is 4.31 Å². The summed E-state index contributed by atoms with van der Waals surface area (Å²) >= 11 is 0. The van der Waals surface area contributed by atoms with E-state index in [1.54, 1.807) is 12.1 Å². The fourth-order valence-electron chi connectivity index (χ4n) is 3.40. The van der Waals surface area contributed by atoms with E-state index < -0.39 is 16.0 Å². The minimum Gasteiger partial charge on any atom is -0.480 e. The lowest BCUT2D eigenvalue weighted by Gasteiger charge is -2.36. The van der Waals surface area contributed by atoms with E-state index in [0.717, 1.165) is 5.56 Å². The Labute approximate surface area is 156 Å². The lowest BCUT2D eigenvalue weighted by molar-refractivity contribution is -0.139. The molecule has 0 aliphatic carbocycles. The molecule has 7 heteroatoms. The van der Waals surface area contributed by atoms with Gasteiger partial charge in [0.2, 0.25) is 10.0 Å². The Morgan fingerprint density at radius 3 is 2.15 bits per heavy atom. The molecule has 6 nitrogen and oxygen atoms in total. The smallest absolute Gasteiger partial charge is 0.317 e. The molecule has 0 amide bonds. The first-order valence-corrected chi connectivity index (χ1v) is 10.6. The van der Waals surface area contributed by atoms with Crippen molar-refractivity contribution in [1.82, 2.24) is 9.21 Å². The number of sulfonamides is 1. The Bertz CT molecular complexity index is 715. The molecular formula is C19H30N2O4S. The number of carboxylic acids is 1. The highest BCUT2D eigenvalue weighted by Gasteiger charge is 2.32. The fraction of sp³-hybridized carbons (Fsp3) is 0.632. The van der Waals surface area contributed by atoms with Crippen molar-refractivity contribution in [2.75, 3.05) is 26.2 Å². The maximum Gasteiger partial charge on any atom is 0.317 e. The van der Waals surface area contributed by atoms with Gasteiger partial charge in [0.1, 0.15) is 0 Å². The van der Waals surface area contributed by atoms with Gasteiger partial charge in [0, 0.05) is 19.1 Å². The summed E-state index contributed by atoms with van der Waals surface area (Å²) in [7, 11) is -3.50. The van der Waals surface area contributed by atoms with E-state index in [4.69, 9.17) is 5.11 Å². The minimum atomic E-state index is -3.50. The number of rotatable bonds is 6. The summed E-state index contributed by atoms with van der Waals surface area (Å²) in [5.74, 6) is -0.846. The summed E-state index contributed by atoms with van der Waals surface area (Å²) < 4.78 is 27.3. The standard InChI is InChI=1S/C19H30N2O4S/c1-5-20(14-18(22)23)16-10-12-21(13-11-16)26(24,25)17-8-6-15(7-9-17)19(2,3)4/h6-9,16H,5,10-14H2,1-4H3,(H,22,23). The van der Waals surface area contributed by atoms with Crippen LogP contribution in [-0.4, -0.2) is 60.9 Å². The van der Waals surface area contributed by atoms with Crippen LogP contribution in [0.15, 0.2) is 29.2 Å². The largest absolute Gasteiger partial charge is 0.480 e. The number of benzene rings is 1. The predicted molar refractivity (Wildman–Crippen MR) is 102 cm³/mol. The molecule has 0 saturated carbocycles. The summed E-state index contributed by atoms with van der Waals surface area (Å²) in [6, 6.07) is 7.25. The monoisotopic (exact) mass is 382 g/mol. The lowest BCUT2D eigenvalue weighted by Crippen LogP contribution is -2.48. The van der Waals surface area contributed by atoms with Crippen molar-refractivity contribution in [1.29, 1.82) is 0 Å². The average Bonchev–Trinajstić information content (AvgIpc) is 2.59. The first kappa shape index (κ1) is 20.9. The van der Waals surface area contributed by atoms with Gasteiger partial charge in [-0.3, -0.25) is 9.69 Å². The van der Waals surface area contributed by atoms with Gasteiger partial charge >= 0.3 is 5.97 Å². The Hall–Kier alpha value is -1.44. The third kappa shape index (κ3) is 4.84. The molecule has 146 valence electrons. The maximum absolute atomic E-state index is 12.9. The molecule has 0 unspecified atom stereocenters. The van der Waals surface area contributed by atoms with Gasteiger partial charge in [0.25, 0.3) is 0 Å². The highest BCUT2D eigenvalue weighted by Crippen LogP contribution is 2.26. The van der Waals surface area contributed by atoms with Crippen molar-refractivity contribution in [2.24, 2.45) is 0 Å². The zero-order chi connectivity index (χ0) is 19.5. The van der Waals surface area contributed by atoms with Gasteiger partial charge in [-0.15, -0.1) is 0 Å². The molecule has 1 aromatic carbocycles. The molecule has 1 aliphatic rings. The van der Waals surface area contributed by atoms with Crippen molar-refractivity contribution < 1.29 is 18.3 Å². The van der Waals surface area contributed by atoms with Crippen LogP contribution < -0.4 is 0 Å². The summed E-state index contributed by atoms with van der Waals surface area (Å²) in [5.41, 5.74) is 1.08. The van der Waals surface area contributed by atoms with Crippen molar-refractivity contribution in [2.45, 2.75) is 56.9 Å². The zero-order valence-electron chi connectivity index (χ0n) is 16.1. The first-order valence-electron chi connectivity index (χ1n) is 9.12. The van der Waals surface area contributed by atoms with Crippen LogP contribution in [-0.2, 0) is 20.2 Å². The molecular weight excluding hydrogens is 352 g/mol. The molecule has 1 saturated heterocycles. The van der Waals surface area contributed by atoms with E-state index in [2.05, 4.69) is 20.8 Å². The molecule has 0 spiro atoms. The summed E-state index contributed by atoms with van der Waals surface area (Å²) in [6.07, 6.45) is 1.31. The van der Waals surface area contributed by atoms with Crippen molar-refractivity contribution in [3.63, 3.8) is 0 Å². The van der Waals surface area contributed by atoms with Gasteiger partial charge in [-0.05, 0) is 42.5 Å². The first-order chi connectivity index (χ1) is 12.1. The van der Waals surface area contributed by atoms with Crippen LogP contribution in [0.1, 0.15) is 46.1 Å². The number of carboxylic acid groups (broad SMARTS) is 1. The second-order valence-corrected chi connectivity index (χ2v) is 9.80. The van der Waals surface area contributed by atoms with Gasteiger partial charge in [0.15, 0.2) is 0 Å². The normalized spacial score (nSPS) is 17.6. The molecule has 0 bridgehead atoms. The van der Waals surface area contributed by atoms with Crippen molar-refractivity contribution in [3.8, 4) is 0 Å². The Morgan fingerprint density at radius 1 is 1.19 bits per heavy atom. The summed E-state index contributed by atoms with van der Waals surface area (Å²) in [4.78, 5) is 13.2. The highest BCUT2D eigenvalue weighted by atomic mass is 32.2. The number of likely N-dealkylation sites (N-methyl/N-ethyl adjacent to an activating group) is 1. The molecule has 1 fully saturated rings. The molecule has 0 atom stereocenters. The third-order valence-electron chi connectivity index (χ3n) is 5.04. The second-order valence-electron chi connectivity index (χ2n) is 7.87. The number of nitrogens with zero attached hydrogens (tertiary/aromatic N) is 2. The molecule has 0 radical (unpaired) electrons. The van der Waals surface area contributed by atoms with Gasteiger partial charge in [-0.1, -0.05) is 39.8 Å². The number of hydrogen-bond donors (Lipinski definition) is 1. The van der Waals surface area contributed by atoms with Crippen LogP contribution in [0.3, 0.4) is 0 Å². The Morgan fingerprint density at radius 2 is 1.73 bits per heavy atom. The number of carbonyl (C=O) groups is 1. The van der Waals surface area contributed by atoms with Gasteiger partial charge in [-0.25, -0.2) is 8.42 Å². The Kier molecular flexibility index (Phi) is 6.47. The molecule has 26 heavy (non-hydrogen) atoms. The third-order valence-corrected chi connectivity index (χ3v) is 6.96. The number of hydrogen-bond acceptors (Lipinski definition) is 4. The Balaban J connectivity index is 2.06. The fourth-order valence-corrected chi connectivity index (χ4v) is 4.87. The lowest BCUT2D eigenvalue weighted by atomic mass is 9.87. The van der Waals surface area contributed by atoms with Crippen molar-refractivity contribution >= 4 is 16.0 Å². The van der Waals surface area contributed by atoms with Crippen LogP contribution in [0.5, 0.6) is 0 Å². The zero-order valence-corrected chi connectivity index (χ0v) is 16.9. The summed E-state index contributed by atoms with van der Waals surface area (Å²) in [6.45, 7) is 9.71. The van der Waals surface area contributed by atoms with E-state index in [9.17, 15) is 13.2 Å². The predicted octanol–water partition coefficient (Wildman–Crippen LogP) is 2.54. The topological polar surface area (TPSA) is 77.9 Å². The van der Waals surface area contributed by atoms with Gasteiger partial charge < -0.3 is 5.11 Å². The highest BCUT2D eigenvalue weighted by molar-refractivity contribution is 7.89. The van der Waals surface area contributed by atoms with Gasteiger partial charge in [0.05, 0.1) is 11.4 Å². The van der Waals surface area contributed by atoms with Crippen LogP contribution in [0.4, 0.5) is 0 Å². The molecule has 1 aliphatic heterocycles. The molecule has 0 aromatic heterocycles. The van der Waals surface area contributed by atoms with E-state index in [0.29, 0.717) is 37.4 Å². The van der Waals surface area contributed by atoms with E-state index in [-0.39, 0.29) is 18.0 Å². The van der Waals surface area contributed by atoms with Gasteiger partial charge in [-0.2, -0.15) is 4.31 Å². The quantitative estimate of drug-likeness (QED) is 0.818. The van der Waals surface area contributed by atoms with Crippen molar-refractivity contribution in [3.05, 3.63) is 29.8 Å². The van der Waals surface area contributed by atoms with Crippen LogP contribution >= 0.6 is 0 Å². The molecule has 1 heterocycles. The number of aliphatic carboxylic acids is 1. The SMILES string of the molecule is CCN(CC(=O)O)C1CCN(S(=O)(=O)c2ccc(C(C)(C)C)cc2)CC1. The summed E-state index contributed by atoms with van der Waals surface area (Å²) in [5, 5.41) is 9.01. The second kappa shape index (κ2) is 8.06. The van der Waals surface area contributed by atoms with E-state index in [1.807, 2.05) is 24.0 Å². The molecule has 2 rings (SSSR count). The average molecular weight is 383 g/mol. The maximum atomic E-state index is 12.9. The molecule has 1 aromatic rings. The molecule has 1 N–H and O–H groups in total. The van der Waals surface area contributed by atoms with Crippen LogP contribution in [0, 0.1) is 0 Å². The van der Waals surface area contributed by atoms with Crippen LogP contribution in [0.25, 0.3) is 0 Å². The van der Waals surface area contributed by atoms with Crippen LogP contribution in [0.2, 0.25) is 0 Å². The number of piperidine rings is 1. The minimum absolute atomic E-state index is 0.00216. The van der Waals surface area contributed by atoms with E-state index >= 15 is 0 Å².